The summed E-state index contributed by atoms with van der Waals surface area (Å²) in [6.07, 6.45) is 4.07. The highest BCUT2D eigenvalue weighted by atomic mass is 16.5. The molecule has 2 N–H and O–H groups in total. The molecule has 0 radical (unpaired) electrons. The van der Waals surface area contributed by atoms with Crippen molar-refractivity contribution < 1.29 is 4.74 Å². The van der Waals surface area contributed by atoms with Crippen LogP contribution in [0.4, 0.5) is 0 Å². The lowest BCUT2D eigenvalue weighted by Crippen LogP contribution is -2.51. The third kappa shape index (κ3) is 4.24. The van der Waals surface area contributed by atoms with Crippen LogP contribution in [0.15, 0.2) is 0 Å². The van der Waals surface area contributed by atoms with Gasteiger partial charge in [0, 0.05) is 12.6 Å². The minimum absolute atomic E-state index is 0.124. The van der Waals surface area contributed by atoms with Gasteiger partial charge in [0.05, 0.1) is 6.10 Å². The average molecular weight is 255 g/mol. The van der Waals surface area contributed by atoms with Crippen molar-refractivity contribution in [2.75, 3.05) is 6.61 Å². The molecule has 0 amide bonds. The largest absolute Gasteiger partial charge is 0.376 e. The van der Waals surface area contributed by atoms with E-state index >= 15 is 0 Å². The number of ether oxygens (including phenoxy) is 1. The lowest BCUT2D eigenvalue weighted by Gasteiger charge is -2.42. The Morgan fingerprint density at radius 2 is 1.61 bits per heavy atom. The molecule has 0 aromatic heterocycles. The Hall–Kier alpha value is -0.0800. The van der Waals surface area contributed by atoms with Gasteiger partial charge < -0.3 is 10.5 Å². The normalized spacial score (nSPS) is 33.2. The van der Waals surface area contributed by atoms with Crippen LogP contribution in [-0.2, 0) is 4.74 Å². The van der Waals surface area contributed by atoms with Gasteiger partial charge in [0.25, 0.3) is 0 Å². The highest BCUT2D eigenvalue weighted by Crippen LogP contribution is 2.38. The molecule has 0 aromatic rings. The van der Waals surface area contributed by atoms with Gasteiger partial charge in [-0.1, -0.05) is 34.6 Å². The predicted octanol–water partition coefficient (Wildman–Crippen LogP) is 3.84. The summed E-state index contributed by atoms with van der Waals surface area (Å²) in [6.45, 7) is 14.3. The van der Waals surface area contributed by atoms with Crippen molar-refractivity contribution >= 4 is 0 Å². The third-order valence-electron chi connectivity index (χ3n) is 4.31. The van der Waals surface area contributed by atoms with E-state index in [1.807, 2.05) is 0 Å². The summed E-state index contributed by atoms with van der Waals surface area (Å²) >= 11 is 0. The molecule has 0 aromatic carbocycles. The van der Waals surface area contributed by atoms with Crippen molar-refractivity contribution in [3.63, 3.8) is 0 Å². The van der Waals surface area contributed by atoms with E-state index in [2.05, 4.69) is 41.5 Å². The molecule has 1 rings (SSSR count). The molecule has 0 spiro atoms. The Labute approximate surface area is 114 Å². The predicted molar refractivity (Wildman–Crippen MR) is 78.5 cm³/mol. The molecule has 0 bridgehead atoms. The molecule has 4 unspecified atom stereocenters. The van der Waals surface area contributed by atoms with Gasteiger partial charge in [0.1, 0.15) is 0 Å². The van der Waals surface area contributed by atoms with Gasteiger partial charge >= 0.3 is 0 Å². The summed E-state index contributed by atoms with van der Waals surface area (Å²) in [6, 6.07) is 0.176. The highest BCUT2D eigenvalue weighted by Gasteiger charge is 2.37. The standard InChI is InChI=1S/C16H33NO/c1-7-18-15(16(4,5)6)14(17)13-9-11(2)8-12(3)10-13/h11-15H,7-10,17H2,1-6H3. The van der Waals surface area contributed by atoms with E-state index in [0.717, 1.165) is 18.4 Å². The van der Waals surface area contributed by atoms with E-state index in [0.29, 0.717) is 5.92 Å². The van der Waals surface area contributed by atoms with Gasteiger partial charge in [-0.25, -0.2) is 0 Å². The fourth-order valence-electron chi connectivity index (χ4n) is 3.69. The Morgan fingerprint density at radius 3 is 2.00 bits per heavy atom. The molecule has 1 saturated carbocycles. The summed E-state index contributed by atoms with van der Waals surface area (Å²) < 4.78 is 5.97. The Kier molecular flexibility index (Phi) is 5.67. The Balaban J connectivity index is 2.72. The number of hydrogen-bond acceptors (Lipinski definition) is 2. The molecule has 2 nitrogen and oxygen atoms in total. The molecule has 0 heterocycles. The second-order valence-electron chi connectivity index (χ2n) is 7.50. The molecule has 1 aliphatic rings. The number of nitrogens with two attached hydrogens (primary N) is 1. The zero-order valence-corrected chi connectivity index (χ0v) is 13.2. The first-order valence-electron chi connectivity index (χ1n) is 7.62. The summed E-state index contributed by atoms with van der Waals surface area (Å²) in [5.41, 5.74) is 6.69. The zero-order valence-electron chi connectivity index (χ0n) is 13.2. The van der Waals surface area contributed by atoms with Gasteiger partial charge in [-0.3, -0.25) is 0 Å². The second-order valence-corrected chi connectivity index (χ2v) is 7.50. The van der Waals surface area contributed by atoms with Gasteiger partial charge in [-0.2, -0.15) is 0 Å². The quantitative estimate of drug-likeness (QED) is 0.828. The first-order chi connectivity index (χ1) is 8.25. The van der Waals surface area contributed by atoms with E-state index < -0.39 is 0 Å². The smallest absolute Gasteiger partial charge is 0.0776 e. The lowest BCUT2D eigenvalue weighted by molar-refractivity contribution is -0.0471. The van der Waals surface area contributed by atoms with Crippen LogP contribution >= 0.6 is 0 Å². The Morgan fingerprint density at radius 1 is 1.11 bits per heavy atom. The van der Waals surface area contributed by atoms with Crippen molar-refractivity contribution in [1.82, 2.24) is 0 Å². The van der Waals surface area contributed by atoms with Crippen molar-refractivity contribution in [3.8, 4) is 0 Å². The van der Waals surface area contributed by atoms with Crippen molar-refractivity contribution in [1.29, 1.82) is 0 Å². The first kappa shape index (κ1) is 16.0. The molecule has 2 heteroatoms. The highest BCUT2D eigenvalue weighted by molar-refractivity contribution is 4.91. The van der Waals surface area contributed by atoms with Gasteiger partial charge in [-0.05, 0) is 49.4 Å². The van der Waals surface area contributed by atoms with Crippen LogP contribution in [0.3, 0.4) is 0 Å². The average Bonchev–Trinajstić information content (AvgIpc) is 2.22. The van der Waals surface area contributed by atoms with E-state index in [-0.39, 0.29) is 17.6 Å². The van der Waals surface area contributed by atoms with E-state index in [1.165, 1.54) is 19.3 Å². The van der Waals surface area contributed by atoms with Crippen LogP contribution in [0, 0.1) is 23.2 Å². The summed E-state index contributed by atoms with van der Waals surface area (Å²) in [5.74, 6) is 2.25. The zero-order chi connectivity index (χ0) is 13.9. The van der Waals surface area contributed by atoms with Crippen LogP contribution < -0.4 is 5.73 Å². The third-order valence-corrected chi connectivity index (χ3v) is 4.31. The van der Waals surface area contributed by atoms with Crippen LogP contribution in [0.5, 0.6) is 0 Å². The van der Waals surface area contributed by atoms with Crippen LogP contribution in [0.1, 0.15) is 60.8 Å². The summed E-state index contributed by atoms with van der Waals surface area (Å²) in [4.78, 5) is 0. The molecule has 1 aliphatic carbocycles. The fourth-order valence-corrected chi connectivity index (χ4v) is 3.69. The van der Waals surface area contributed by atoms with E-state index in [9.17, 15) is 0 Å². The topological polar surface area (TPSA) is 35.2 Å². The van der Waals surface area contributed by atoms with Gasteiger partial charge in [-0.15, -0.1) is 0 Å². The molecule has 0 saturated heterocycles. The SMILES string of the molecule is CCOC(C(N)C1CC(C)CC(C)C1)C(C)(C)C. The number of rotatable bonds is 4. The van der Waals surface area contributed by atoms with Crippen molar-refractivity contribution in [2.24, 2.45) is 28.9 Å². The monoisotopic (exact) mass is 255 g/mol. The minimum atomic E-state index is 0.124. The number of hydrogen-bond donors (Lipinski definition) is 1. The maximum absolute atomic E-state index is 6.56. The minimum Gasteiger partial charge on any atom is -0.376 e. The molecule has 0 aliphatic heterocycles. The maximum atomic E-state index is 6.56. The molecule has 4 atom stereocenters. The summed E-state index contributed by atoms with van der Waals surface area (Å²) in [5, 5.41) is 0. The molecule has 108 valence electrons. The molecule has 18 heavy (non-hydrogen) atoms. The van der Waals surface area contributed by atoms with Crippen LogP contribution in [-0.4, -0.2) is 18.8 Å². The molecular weight excluding hydrogens is 222 g/mol. The Bertz CT molecular complexity index is 236. The van der Waals surface area contributed by atoms with Crippen molar-refractivity contribution in [3.05, 3.63) is 0 Å². The maximum Gasteiger partial charge on any atom is 0.0776 e. The van der Waals surface area contributed by atoms with E-state index in [1.54, 1.807) is 0 Å². The van der Waals surface area contributed by atoms with Gasteiger partial charge in [0.2, 0.25) is 0 Å². The van der Waals surface area contributed by atoms with Crippen LogP contribution in [0.25, 0.3) is 0 Å². The fraction of sp³-hybridized carbons (Fsp3) is 1.00. The van der Waals surface area contributed by atoms with Crippen molar-refractivity contribution in [2.45, 2.75) is 73.0 Å². The summed E-state index contributed by atoms with van der Waals surface area (Å²) in [7, 11) is 0. The van der Waals surface area contributed by atoms with E-state index in [4.69, 9.17) is 10.5 Å². The molecular formula is C16H33NO. The van der Waals surface area contributed by atoms with Gasteiger partial charge in [0.15, 0.2) is 0 Å². The van der Waals surface area contributed by atoms with Crippen LogP contribution in [0.2, 0.25) is 0 Å². The molecule has 1 fully saturated rings. The first-order valence-corrected chi connectivity index (χ1v) is 7.62. The second kappa shape index (κ2) is 6.38. The lowest BCUT2D eigenvalue weighted by atomic mass is 9.70.